The van der Waals surface area contributed by atoms with Crippen LogP contribution < -0.4 is 0 Å². The van der Waals surface area contributed by atoms with Gasteiger partial charge < -0.3 is 9.80 Å². The van der Waals surface area contributed by atoms with E-state index in [1.54, 1.807) is 4.90 Å². The number of likely N-dealkylation sites (tertiary alicyclic amines) is 1. The zero-order chi connectivity index (χ0) is 16.8. The van der Waals surface area contributed by atoms with Crippen LogP contribution in [0.5, 0.6) is 0 Å². The summed E-state index contributed by atoms with van der Waals surface area (Å²) in [6.07, 6.45) is 2.97. The first-order valence-corrected chi connectivity index (χ1v) is 8.92. The number of hydrogen-bond acceptors (Lipinski definition) is 4. The summed E-state index contributed by atoms with van der Waals surface area (Å²) in [5, 5.41) is 0. The maximum absolute atomic E-state index is 11.8. The third kappa shape index (κ3) is 5.46. The molecule has 2 amide bonds. The van der Waals surface area contributed by atoms with Crippen molar-refractivity contribution in [1.29, 1.82) is 0 Å². The highest BCUT2D eigenvalue weighted by Gasteiger charge is 2.25. The van der Waals surface area contributed by atoms with Crippen molar-refractivity contribution in [2.75, 3.05) is 66.5 Å². The minimum absolute atomic E-state index is 0.195. The Morgan fingerprint density at radius 3 is 2.09 bits per heavy atom. The monoisotopic (exact) mass is 324 g/mol. The molecular formula is C17H32N4O2. The van der Waals surface area contributed by atoms with E-state index in [9.17, 15) is 9.59 Å². The fourth-order valence-electron chi connectivity index (χ4n) is 3.43. The lowest BCUT2D eigenvalue weighted by Gasteiger charge is -2.38. The van der Waals surface area contributed by atoms with Crippen LogP contribution in [0.25, 0.3) is 0 Å². The molecule has 2 heterocycles. The number of piperazine rings is 1. The Hall–Kier alpha value is -1.14. The van der Waals surface area contributed by atoms with Crippen LogP contribution in [0.2, 0.25) is 0 Å². The lowest BCUT2D eigenvalue weighted by atomic mass is 9.96. The van der Waals surface area contributed by atoms with Crippen molar-refractivity contribution in [2.24, 2.45) is 5.92 Å². The van der Waals surface area contributed by atoms with E-state index >= 15 is 0 Å². The van der Waals surface area contributed by atoms with Crippen LogP contribution in [0.3, 0.4) is 0 Å². The minimum Gasteiger partial charge on any atom is -0.348 e. The highest BCUT2D eigenvalue weighted by Crippen LogP contribution is 2.19. The second-order valence-corrected chi connectivity index (χ2v) is 7.04. The largest absolute Gasteiger partial charge is 0.348 e. The van der Waals surface area contributed by atoms with Crippen LogP contribution in [0.15, 0.2) is 0 Å². The van der Waals surface area contributed by atoms with E-state index in [4.69, 9.17) is 0 Å². The van der Waals surface area contributed by atoms with E-state index in [1.165, 1.54) is 12.8 Å². The number of likely N-dealkylation sites (N-methyl/N-ethyl adjacent to an activating group) is 1. The van der Waals surface area contributed by atoms with Gasteiger partial charge in [0, 0.05) is 53.2 Å². The first kappa shape index (κ1) is 18.2. The molecule has 2 aliphatic rings. The number of rotatable bonds is 5. The number of amides is 2. The molecule has 6 heteroatoms. The molecule has 0 N–H and O–H groups in total. The molecule has 0 aromatic heterocycles. The summed E-state index contributed by atoms with van der Waals surface area (Å²) >= 11 is 0. The van der Waals surface area contributed by atoms with Gasteiger partial charge in [-0.1, -0.05) is 6.92 Å². The fraction of sp³-hybridized carbons (Fsp3) is 0.882. The summed E-state index contributed by atoms with van der Waals surface area (Å²) in [6.45, 7) is 9.45. The zero-order valence-electron chi connectivity index (χ0n) is 15.0. The van der Waals surface area contributed by atoms with Crippen molar-refractivity contribution in [3.63, 3.8) is 0 Å². The van der Waals surface area contributed by atoms with E-state index < -0.39 is 0 Å². The Labute approximate surface area is 140 Å². The first-order valence-electron chi connectivity index (χ1n) is 8.92. The van der Waals surface area contributed by atoms with Gasteiger partial charge in [-0.05, 0) is 31.8 Å². The van der Waals surface area contributed by atoms with Crippen LogP contribution in [-0.2, 0) is 9.59 Å². The van der Waals surface area contributed by atoms with Crippen molar-refractivity contribution in [2.45, 2.75) is 26.2 Å². The van der Waals surface area contributed by atoms with Gasteiger partial charge in [0.15, 0.2) is 0 Å². The molecule has 0 bridgehead atoms. The van der Waals surface area contributed by atoms with Gasteiger partial charge in [0.05, 0.1) is 6.54 Å². The number of carbonyl (C=O) groups is 2. The minimum atomic E-state index is 0.195. The smallest absolute Gasteiger partial charge is 0.236 e. The molecule has 132 valence electrons. The molecule has 23 heavy (non-hydrogen) atoms. The quantitative estimate of drug-likeness (QED) is 0.732. The third-order valence-corrected chi connectivity index (χ3v) is 5.11. The second-order valence-electron chi connectivity index (χ2n) is 7.04. The van der Waals surface area contributed by atoms with Gasteiger partial charge in [0.25, 0.3) is 0 Å². The molecule has 6 nitrogen and oxygen atoms in total. The number of nitrogens with zero attached hydrogens (tertiary/aromatic N) is 4. The molecule has 0 aromatic carbocycles. The second kappa shape index (κ2) is 8.64. The summed E-state index contributed by atoms with van der Waals surface area (Å²) in [6, 6.07) is 0. The molecule has 0 aliphatic carbocycles. The van der Waals surface area contributed by atoms with Crippen LogP contribution in [-0.4, -0.2) is 97.9 Å². The van der Waals surface area contributed by atoms with E-state index in [2.05, 4.69) is 9.80 Å². The lowest BCUT2D eigenvalue weighted by Crippen LogP contribution is -2.50. The Bertz CT molecular complexity index is 397. The average molecular weight is 324 g/mol. The third-order valence-electron chi connectivity index (χ3n) is 5.11. The summed E-state index contributed by atoms with van der Waals surface area (Å²) in [5.74, 6) is 1.21. The van der Waals surface area contributed by atoms with Gasteiger partial charge in [-0.15, -0.1) is 0 Å². The highest BCUT2D eigenvalue weighted by molar-refractivity contribution is 5.77. The van der Waals surface area contributed by atoms with Gasteiger partial charge in [-0.3, -0.25) is 19.4 Å². The van der Waals surface area contributed by atoms with E-state index in [0.717, 1.165) is 51.7 Å². The van der Waals surface area contributed by atoms with E-state index in [-0.39, 0.29) is 11.8 Å². The molecule has 2 aliphatic heterocycles. The highest BCUT2D eigenvalue weighted by atomic mass is 16.2. The van der Waals surface area contributed by atoms with Gasteiger partial charge in [-0.2, -0.15) is 0 Å². The summed E-state index contributed by atoms with van der Waals surface area (Å²) in [7, 11) is 3.63. The Morgan fingerprint density at radius 1 is 0.957 bits per heavy atom. The molecule has 0 aromatic rings. The summed E-state index contributed by atoms with van der Waals surface area (Å²) in [5.41, 5.74) is 0. The van der Waals surface area contributed by atoms with Crippen molar-refractivity contribution in [1.82, 2.24) is 19.6 Å². The number of hydrogen-bond donors (Lipinski definition) is 0. The SMILES string of the molecule is CCC(=O)N1CCN(CC2CCN(CC(=O)N(C)C)CC2)CC1. The molecule has 0 atom stereocenters. The maximum Gasteiger partial charge on any atom is 0.236 e. The van der Waals surface area contributed by atoms with Crippen LogP contribution in [0.4, 0.5) is 0 Å². The molecule has 2 rings (SSSR count). The van der Waals surface area contributed by atoms with Gasteiger partial charge in [0.1, 0.15) is 0 Å². The van der Waals surface area contributed by atoms with Gasteiger partial charge in [0.2, 0.25) is 11.8 Å². The maximum atomic E-state index is 11.8. The van der Waals surface area contributed by atoms with Crippen LogP contribution in [0.1, 0.15) is 26.2 Å². The van der Waals surface area contributed by atoms with Gasteiger partial charge >= 0.3 is 0 Å². The van der Waals surface area contributed by atoms with Crippen molar-refractivity contribution >= 4 is 11.8 Å². The number of piperidine rings is 1. The molecule has 2 fully saturated rings. The lowest BCUT2D eigenvalue weighted by molar-refractivity contribution is -0.133. The Kier molecular flexibility index (Phi) is 6.84. The zero-order valence-corrected chi connectivity index (χ0v) is 15.0. The molecule has 2 saturated heterocycles. The van der Waals surface area contributed by atoms with Crippen LogP contribution in [0, 0.1) is 5.92 Å². The predicted octanol–water partition coefficient (Wildman–Crippen LogP) is 0.341. The Balaban J connectivity index is 1.65. The van der Waals surface area contributed by atoms with Crippen molar-refractivity contribution in [3.8, 4) is 0 Å². The Morgan fingerprint density at radius 2 is 1.57 bits per heavy atom. The van der Waals surface area contributed by atoms with E-state index in [0.29, 0.717) is 13.0 Å². The topological polar surface area (TPSA) is 47.1 Å². The summed E-state index contributed by atoms with van der Waals surface area (Å²) in [4.78, 5) is 31.9. The van der Waals surface area contributed by atoms with Crippen molar-refractivity contribution < 1.29 is 9.59 Å². The van der Waals surface area contributed by atoms with E-state index in [1.807, 2.05) is 25.9 Å². The van der Waals surface area contributed by atoms with Crippen molar-refractivity contribution in [3.05, 3.63) is 0 Å². The molecule has 0 unspecified atom stereocenters. The first-order chi connectivity index (χ1) is 11.0. The van der Waals surface area contributed by atoms with Crippen LogP contribution >= 0.6 is 0 Å². The molecule has 0 radical (unpaired) electrons. The number of carbonyl (C=O) groups excluding carboxylic acids is 2. The molecular weight excluding hydrogens is 292 g/mol. The molecule has 0 spiro atoms. The fourth-order valence-corrected chi connectivity index (χ4v) is 3.43. The predicted molar refractivity (Wildman–Crippen MR) is 91.2 cm³/mol. The van der Waals surface area contributed by atoms with Gasteiger partial charge in [-0.25, -0.2) is 0 Å². The summed E-state index contributed by atoms with van der Waals surface area (Å²) < 4.78 is 0. The normalized spacial score (nSPS) is 21.4. The average Bonchev–Trinajstić information content (AvgIpc) is 2.56. The standard InChI is InChI=1S/C17H32N4O2/c1-4-16(22)21-11-9-20(10-12-21)13-15-5-7-19(8-6-15)14-17(23)18(2)3/h15H,4-14H2,1-3H3. The molecule has 0 saturated carbocycles.